The number of carbonyl (C=O) groups is 1. The van der Waals surface area contributed by atoms with Crippen LogP contribution in [0.4, 0.5) is 0 Å². The minimum Gasteiger partial charge on any atom is -0.457 e. The number of aliphatic hydroxyl groups is 1. The molecule has 0 aromatic carbocycles. The number of rotatable bonds is 8. The van der Waals surface area contributed by atoms with Crippen LogP contribution >= 0.6 is 0 Å². The summed E-state index contributed by atoms with van der Waals surface area (Å²) in [6, 6.07) is 0. The smallest absolute Gasteiger partial charge is 0.303 e. The first-order valence-electron chi connectivity index (χ1n) is 6.36. The van der Waals surface area contributed by atoms with Crippen LogP contribution in [-0.2, 0) is 9.53 Å². The van der Waals surface area contributed by atoms with Crippen LogP contribution in [-0.4, -0.2) is 22.8 Å². The third kappa shape index (κ3) is 4.97. The fourth-order valence-corrected chi connectivity index (χ4v) is 1.97. The molecule has 0 saturated heterocycles. The van der Waals surface area contributed by atoms with Gasteiger partial charge in [0.2, 0.25) is 0 Å². The monoisotopic (exact) mass is 230 g/mol. The molecule has 0 aliphatic rings. The molecule has 0 radical (unpaired) electrons. The molecule has 1 N–H and O–H groups in total. The van der Waals surface area contributed by atoms with Gasteiger partial charge in [0.05, 0.1) is 6.10 Å². The van der Waals surface area contributed by atoms with Gasteiger partial charge in [-0.3, -0.25) is 4.79 Å². The predicted octanol–water partition coefficient (Wildman–Crippen LogP) is 3.05. The molecule has 1 unspecified atom stereocenters. The summed E-state index contributed by atoms with van der Waals surface area (Å²) in [4.78, 5) is 11.2. The van der Waals surface area contributed by atoms with Crippen LogP contribution in [0.1, 0.15) is 66.2 Å². The van der Waals surface area contributed by atoms with Crippen LogP contribution in [0.15, 0.2) is 0 Å². The fraction of sp³-hybridized carbons (Fsp3) is 0.923. The van der Waals surface area contributed by atoms with E-state index in [-0.39, 0.29) is 5.97 Å². The Labute approximate surface area is 99.2 Å². The van der Waals surface area contributed by atoms with Crippen molar-refractivity contribution in [3.8, 4) is 0 Å². The van der Waals surface area contributed by atoms with Crippen molar-refractivity contribution in [3.63, 3.8) is 0 Å². The van der Waals surface area contributed by atoms with E-state index in [2.05, 4.69) is 13.8 Å². The molecule has 3 nitrogen and oxygen atoms in total. The highest BCUT2D eigenvalue weighted by atomic mass is 16.6. The molecule has 16 heavy (non-hydrogen) atoms. The van der Waals surface area contributed by atoms with Gasteiger partial charge < -0.3 is 9.84 Å². The van der Waals surface area contributed by atoms with Crippen LogP contribution in [0.25, 0.3) is 0 Å². The van der Waals surface area contributed by atoms with Gasteiger partial charge in [-0.25, -0.2) is 0 Å². The summed E-state index contributed by atoms with van der Waals surface area (Å²) in [5.74, 6) is -0.298. The lowest BCUT2D eigenvalue weighted by Crippen LogP contribution is -2.44. The van der Waals surface area contributed by atoms with Crippen LogP contribution < -0.4 is 0 Å². The Morgan fingerprint density at radius 1 is 1.25 bits per heavy atom. The average molecular weight is 230 g/mol. The first-order valence-corrected chi connectivity index (χ1v) is 6.36. The standard InChI is InChI=1S/C13H26O3/c1-5-7-9-13(11(3)14,10-8-6-2)16-12(4)15/h11,14H,5-10H2,1-4H3. The first-order chi connectivity index (χ1) is 7.48. The van der Waals surface area contributed by atoms with Gasteiger partial charge in [-0.2, -0.15) is 0 Å². The SMILES string of the molecule is CCCCC(CCCC)(OC(C)=O)C(C)O. The summed E-state index contributed by atoms with van der Waals surface area (Å²) in [7, 11) is 0. The van der Waals surface area contributed by atoms with Gasteiger partial charge in [0.25, 0.3) is 0 Å². The molecule has 96 valence electrons. The molecule has 0 fully saturated rings. The van der Waals surface area contributed by atoms with Gasteiger partial charge in [-0.15, -0.1) is 0 Å². The minimum atomic E-state index is -0.669. The topological polar surface area (TPSA) is 46.5 Å². The highest BCUT2D eigenvalue weighted by molar-refractivity contribution is 5.66. The molecule has 0 aliphatic heterocycles. The lowest BCUT2D eigenvalue weighted by Gasteiger charge is -2.36. The Kier molecular flexibility index (Phi) is 7.39. The van der Waals surface area contributed by atoms with Crippen LogP contribution in [0.3, 0.4) is 0 Å². The molecular formula is C13H26O3. The number of hydrogen-bond donors (Lipinski definition) is 1. The number of unbranched alkanes of at least 4 members (excludes halogenated alkanes) is 2. The summed E-state index contributed by atoms with van der Waals surface area (Å²) < 4.78 is 5.41. The number of ether oxygens (including phenoxy) is 1. The van der Waals surface area contributed by atoms with Crippen LogP contribution in [0.5, 0.6) is 0 Å². The van der Waals surface area contributed by atoms with Crippen molar-refractivity contribution >= 4 is 5.97 Å². The maximum Gasteiger partial charge on any atom is 0.303 e. The van der Waals surface area contributed by atoms with Crippen molar-refractivity contribution in [1.82, 2.24) is 0 Å². The fourth-order valence-electron chi connectivity index (χ4n) is 1.97. The molecule has 3 heteroatoms. The predicted molar refractivity (Wildman–Crippen MR) is 65.2 cm³/mol. The number of hydrogen-bond acceptors (Lipinski definition) is 3. The normalized spacial score (nSPS) is 13.6. The van der Waals surface area contributed by atoms with Gasteiger partial charge in [0, 0.05) is 6.92 Å². The highest BCUT2D eigenvalue weighted by Crippen LogP contribution is 2.30. The molecule has 0 spiro atoms. The lowest BCUT2D eigenvalue weighted by atomic mass is 9.86. The van der Waals surface area contributed by atoms with E-state index in [1.54, 1.807) is 6.92 Å². The van der Waals surface area contributed by atoms with Crippen molar-refractivity contribution in [3.05, 3.63) is 0 Å². The highest BCUT2D eigenvalue weighted by Gasteiger charge is 2.37. The maximum absolute atomic E-state index is 11.2. The quantitative estimate of drug-likeness (QED) is 0.652. The first kappa shape index (κ1) is 15.4. The number of carbonyl (C=O) groups excluding carboxylic acids is 1. The van der Waals surface area contributed by atoms with Gasteiger partial charge >= 0.3 is 5.97 Å². The summed E-state index contributed by atoms with van der Waals surface area (Å²) in [5, 5.41) is 9.89. The van der Waals surface area contributed by atoms with E-state index in [0.29, 0.717) is 0 Å². The second-order valence-electron chi connectivity index (χ2n) is 4.54. The lowest BCUT2D eigenvalue weighted by molar-refractivity contribution is -0.173. The molecule has 0 aromatic rings. The largest absolute Gasteiger partial charge is 0.457 e. The van der Waals surface area contributed by atoms with Crippen molar-refractivity contribution in [1.29, 1.82) is 0 Å². The Morgan fingerprint density at radius 3 is 1.94 bits per heavy atom. The van der Waals surface area contributed by atoms with Crippen molar-refractivity contribution in [2.75, 3.05) is 0 Å². The maximum atomic E-state index is 11.2. The molecule has 0 amide bonds. The number of aliphatic hydroxyl groups excluding tert-OH is 1. The summed E-state index contributed by atoms with van der Waals surface area (Å²) in [5.41, 5.74) is -0.669. The van der Waals surface area contributed by atoms with Gasteiger partial charge in [0.15, 0.2) is 0 Å². The molecular weight excluding hydrogens is 204 g/mol. The second-order valence-corrected chi connectivity index (χ2v) is 4.54. The molecule has 0 rings (SSSR count). The van der Waals surface area contributed by atoms with E-state index in [4.69, 9.17) is 4.74 Å². The zero-order valence-corrected chi connectivity index (χ0v) is 11.1. The molecule has 0 aromatic heterocycles. The zero-order valence-electron chi connectivity index (χ0n) is 11.1. The minimum absolute atomic E-state index is 0.298. The van der Waals surface area contributed by atoms with E-state index in [0.717, 1.165) is 38.5 Å². The molecule has 0 aliphatic carbocycles. The van der Waals surface area contributed by atoms with Gasteiger partial charge in [0.1, 0.15) is 5.60 Å². The van der Waals surface area contributed by atoms with Crippen LogP contribution in [0, 0.1) is 0 Å². The van der Waals surface area contributed by atoms with E-state index >= 15 is 0 Å². The van der Waals surface area contributed by atoms with E-state index < -0.39 is 11.7 Å². The third-order valence-electron chi connectivity index (χ3n) is 3.02. The number of esters is 1. The average Bonchev–Trinajstić information content (AvgIpc) is 2.21. The van der Waals surface area contributed by atoms with Crippen molar-refractivity contribution < 1.29 is 14.6 Å². The van der Waals surface area contributed by atoms with Crippen LogP contribution in [0.2, 0.25) is 0 Å². The molecule has 0 heterocycles. The van der Waals surface area contributed by atoms with E-state index in [1.165, 1.54) is 6.92 Å². The summed E-state index contributed by atoms with van der Waals surface area (Å²) in [6.45, 7) is 7.32. The Morgan fingerprint density at radius 2 is 1.69 bits per heavy atom. The zero-order chi connectivity index (χ0) is 12.6. The Balaban J connectivity index is 4.66. The van der Waals surface area contributed by atoms with Crippen molar-refractivity contribution in [2.45, 2.75) is 77.9 Å². The molecule has 0 saturated carbocycles. The molecule has 0 bridgehead atoms. The van der Waals surface area contributed by atoms with Crippen molar-refractivity contribution in [2.24, 2.45) is 0 Å². The summed E-state index contributed by atoms with van der Waals surface area (Å²) in [6.07, 6.45) is 4.93. The van der Waals surface area contributed by atoms with E-state index in [9.17, 15) is 9.90 Å². The van der Waals surface area contributed by atoms with E-state index in [1.807, 2.05) is 0 Å². The second kappa shape index (κ2) is 7.66. The Hall–Kier alpha value is -0.570. The summed E-state index contributed by atoms with van der Waals surface area (Å²) >= 11 is 0. The van der Waals surface area contributed by atoms with Gasteiger partial charge in [-0.05, 0) is 32.6 Å². The Bertz CT molecular complexity index is 191. The third-order valence-corrected chi connectivity index (χ3v) is 3.02. The van der Waals surface area contributed by atoms with Gasteiger partial charge in [-0.1, -0.05) is 26.7 Å². The molecule has 1 atom stereocenters.